The second kappa shape index (κ2) is 7.50. The van der Waals surface area contributed by atoms with E-state index in [0.717, 1.165) is 0 Å². The molecule has 0 saturated carbocycles. The maximum atomic E-state index is 12.4. The zero-order chi connectivity index (χ0) is 15.9. The van der Waals surface area contributed by atoms with Crippen LogP contribution in [-0.4, -0.2) is 26.7 Å². The van der Waals surface area contributed by atoms with Crippen LogP contribution >= 0.6 is 0 Å². The Morgan fingerprint density at radius 1 is 1.09 bits per heavy atom. The number of nitrogens with one attached hydrogen (secondary N) is 1. The molecular weight excluding hydrogens is 278 g/mol. The fraction of sp³-hybridized carbons (Fsp3) is 0.278. The van der Waals surface area contributed by atoms with Crippen LogP contribution in [0.5, 0.6) is 11.5 Å². The summed E-state index contributed by atoms with van der Waals surface area (Å²) in [4.78, 5) is 12.4. The maximum absolute atomic E-state index is 12.4. The Hall–Kier alpha value is -2.49. The van der Waals surface area contributed by atoms with E-state index >= 15 is 0 Å². The van der Waals surface area contributed by atoms with Gasteiger partial charge in [0.05, 0.1) is 19.8 Å². The largest absolute Gasteiger partial charge is 0.497 e. The maximum Gasteiger partial charge on any atom is 0.255 e. The first-order valence-electron chi connectivity index (χ1n) is 7.21. The molecule has 1 atom stereocenters. The molecule has 0 aromatic heterocycles. The number of hydrogen-bond acceptors (Lipinski definition) is 3. The third-order valence-electron chi connectivity index (χ3n) is 3.59. The molecule has 4 nitrogen and oxygen atoms in total. The van der Waals surface area contributed by atoms with Crippen molar-refractivity contribution in [2.45, 2.75) is 12.8 Å². The highest BCUT2D eigenvalue weighted by molar-refractivity contribution is 5.97. The van der Waals surface area contributed by atoms with E-state index in [2.05, 4.69) is 24.4 Å². The third-order valence-corrected chi connectivity index (χ3v) is 3.59. The Balaban J connectivity index is 2.06. The summed E-state index contributed by atoms with van der Waals surface area (Å²) < 4.78 is 10.4. The van der Waals surface area contributed by atoms with Crippen molar-refractivity contribution in [1.82, 2.24) is 5.32 Å². The van der Waals surface area contributed by atoms with Crippen molar-refractivity contribution in [3.05, 3.63) is 59.7 Å². The van der Waals surface area contributed by atoms with Gasteiger partial charge in [0, 0.05) is 6.54 Å². The first kappa shape index (κ1) is 15.9. The van der Waals surface area contributed by atoms with Gasteiger partial charge in [-0.25, -0.2) is 0 Å². The van der Waals surface area contributed by atoms with Crippen LogP contribution in [-0.2, 0) is 0 Å². The smallest absolute Gasteiger partial charge is 0.255 e. The van der Waals surface area contributed by atoms with E-state index < -0.39 is 0 Å². The molecule has 0 aliphatic rings. The third kappa shape index (κ3) is 3.79. The van der Waals surface area contributed by atoms with Crippen LogP contribution in [0, 0.1) is 0 Å². The minimum Gasteiger partial charge on any atom is -0.497 e. The quantitative estimate of drug-likeness (QED) is 0.891. The van der Waals surface area contributed by atoms with Gasteiger partial charge >= 0.3 is 0 Å². The van der Waals surface area contributed by atoms with Crippen molar-refractivity contribution < 1.29 is 14.3 Å². The van der Waals surface area contributed by atoms with Gasteiger partial charge in [0.2, 0.25) is 0 Å². The minimum atomic E-state index is -0.168. The molecule has 1 amide bonds. The van der Waals surface area contributed by atoms with E-state index in [1.165, 1.54) is 5.56 Å². The normalized spacial score (nSPS) is 11.6. The highest BCUT2D eigenvalue weighted by Crippen LogP contribution is 2.24. The molecule has 0 radical (unpaired) electrons. The SMILES string of the molecule is COc1ccc(OC)c(C(=O)NC[C@H](C)c2ccccc2)c1. The lowest BCUT2D eigenvalue weighted by Gasteiger charge is -2.15. The molecule has 2 aromatic rings. The molecule has 4 heteroatoms. The number of amides is 1. The van der Waals surface area contributed by atoms with Gasteiger partial charge in [-0.1, -0.05) is 37.3 Å². The standard InChI is InChI=1S/C18H21NO3/c1-13(14-7-5-4-6-8-14)12-19-18(20)16-11-15(21-2)9-10-17(16)22-3/h4-11,13H,12H2,1-3H3,(H,19,20)/t13-/m0/s1. The number of carbonyl (C=O) groups is 1. The van der Waals surface area contributed by atoms with E-state index in [9.17, 15) is 4.79 Å². The number of benzene rings is 2. The van der Waals surface area contributed by atoms with E-state index in [-0.39, 0.29) is 11.8 Å². The van der Waals surface area contributed by atoms with Crippen LogP contribution in [0.3, 0.4) is 0 Å². The summed E-state index contributed by atoms with van der Waals surface area (Å²) in [6.07, 6.45) is 0. The Bertz CT molecular complexity index is 625. The summed E-state index contributed by atoms with van der Waals surface area (Å²) in [7, 11) is 3.12. The first-order chi connectivity index (χ1) is 10.7. The summed E-state index contributed by atoms with van der Waals surface area (Å²) in [6, 6.07) is 15.3. The van der Waals surface area contributed by atoms with Gasteiger partial charge in [-0.05, 0) is 29.7 Å². The minimum absolute atomic E-state index is 0.168. The number of methoxy groups -OCH3 is 2. The Kier molecular flexibility index (Phi) is 5.42. The molecule has 1 N–H and O–H groups in total. The predicted octanol–water partition coefficient (Wildman–Crippen LogP) is 3.24. The fourth-order valence-corrected chi connectivity index (χ4v) is 2.23. The van der Waals surface area contributed by atoms with Crippen molar-refractivity contribution in [3.63, 3.8) is 0 Å². The molecular formula is C18H21NO3. The second-order valence-corrected chi connectivity index (χ2v) is 5.09. The number of carbonyl (C=O) groups excluding carboxylic acids is 1. The Labute approximate surface area is 131 Å². The molecule has 0 bridgehead atoms. The van der Waals surface area contributed by atoms with Gasteiger partial charge in [-0.2, -0.15) is 0 Å². The molecule has 22 heavy (non-hydrogen) atoms. The molecule has 0 aliphatic heterocycles. The van der Waals surface area contributed by atoms with Crippen molar-refractivity contribution in [3.8, 4) is 11.5 Å². The van der Waals surface area contributed by atoms with Gasteiger partial charge in [0.25, 0.3) is 5.91 Å². The van der Waals surface area contributed by atoms with Gasteiger partial charge < -0.3 is 14.8 Å². The zero-order valence-electron chi connectivity index (χ0n) is 13.1. The highest BCUT2D eigenvalue weighted by Gasteiger charge is 2.14. The van der Waals surface area contributed by atoms with Gasteiger partial charge in [0.15, 0.2) is 0 Å². The van der Waals surface area contributed by atoms with Crippen LogP contribution in [0.4, 0.5) is 0 Å². The van der Waals surface area contributed by atoms with E-state index in [0.29, 0.717) is 23.6 Å². The molecule has 116 valence electrons. The summed E-state index contributed by atoms with van der Waals surface area (Å²) in [5.74, 6) is 1.23. The zero-order valence-corrected chi connectivity index (χ0v) is 13.1. The summed E-state index contributed by atoms with van der Waals surface area (Å²) in [5.41, 5.74) is 1.67. The Morgan fingerprint density at radius 3 is 2.45 bits per heavy atom. The highest BCUT2D eigenvalue weighted by atomic mass is 16.5. The van der Waals surface area contributed by atoms with E-state index in [4.69, 9.17) is 9.47 Å². The first-order valence-corrected chi connectivity index (χ1v) is 7.21. The summed E-state index contributed by atoms with van der Waals surface area (Å²) in [5, 5.41) is 2.95. The van der Waals surface area contributed by atoms with Crippen LogP contribution in [0.15, 0.2) is 48.5 Å². The van der Waals surface area contributed by atoms with Crippen molar-refractivity contribution in [2.75, 3.05) is 20.8 Å². The van der Waals surface area contributed by atoms with Crippen LogP contribution in [0.1, 0.15) is 28.8 Å². The Morgan fingerprint density at radius 2 is 1.82 bits per heavy atom. The topological polar surface area (TPSA) is 47.6 Å². The average molecular weight is 299 g/mol. The van der Waals surface area contributed by atoms with Gasteiger partial charge in [0.1, 0.15) is 11.5 Å². The molecule has 0 fully saturated rings. The molecule has 2 rings (SSSR count). The van der Waals surface area contributed by atoms with Gasteiger partial charge in [-0.15, -0.1) is 0 Å². The monoisotopic (exact) mass is 299 g/mol. The molecule has 0 spiro atoms. The van der Waals surface area contributed by atoms with E-state index in [1.54, 1.807) is 32.4 Å². The van der Waals surface area contributed by atoms with Crippen molar-refractivity contribution in [1.29, 1.82) is 0 Å². The lowest BCUT2D eigenvalue weighted by Crippen LogP contribution is -2.27. The molecule has 0 aliphatic carbocycles. The lowest BCUT2D eigenvalue weighted by molar-refractivity contribution is 0.0948. The van der Waals surface area contributed by atoms with Crippen LogP contribution in [0.25, 0.3) is 0 Å². The summed E-state index contributed by atoms with van der Waals surface area (Å²) >= 11 is 0. The van der Waals surface area contributed by atoms with Crippen molar-refractivity contribution >= 4 is 5.91 Å². The summed E-state index contributed by atoms with van der Waals surface area (Å²) in [6.45, 7) is 2.64. The molecule has 0 saturated heterocycles. The number of hydrogen-bond donors (Lipinski definition) is 1. The van der Waals surface area contributed by atoms with Gasteiger partial charge in [-0.3, -0.25) is 4.79 Å². The van der Waals surface area contributed by atoms with Crippen LogP contribution in [0.2, 0.25) is 0 Å². The average Bonchev–Trinajstić information content (AvgIpc) is 2.59. The molecule has 2 aromatic carbocycles. The molecule has 0 heterocycles. The fourth-order valence-electron chi connectivity index (χ4n) is 2.23. The predicted molar refractivity (Wildman–Crippen MR) is 86.7 cm³/mol. The second-order valence-electron chi connectivity index (χ2n) is 5.09. The lowest BCUT2D eigenvalue weighted by atomic mass is 10.0. The number of rotatable bonds is 6. The number of ether oxygens (including phenoxy) is 2. The van der Waals surface area contributed by atoms with Crippen molar-refractivity contribution in [2.24, 2.45) is 0 Å². The molecule has 0 unspecified atom stereocenters. The van der Waals surface area contributed by atoms with Crippen LogP contribution < -0.4 is 14.8 Å². The van der Waals surface area contributed by atoms with E-state index in [1.807, 2.05) is 18.2 Å².